The van der Waals surface area contributed by atoms with E-state index in [1.165, 1.54) is 36.5 Å². The predicted molar refractivity (Wildman–Crippen MR) is 62.8 cm³/mol. The SMILES string of the molecule is CCCCCCCN1C=NN(S)C1N. The van der Waals surface area contributed by atoms with E-state index in [0.717, 1.165) is 6.54 Å². The van der Waals surface area contributed by atoms with Crippen LogP contribution in [0, 0.1) is 0 Å². The van der Waals surface area contributed by atoms with Crippen LogP contribution in [-0.2, 0) is 0 Å². The summed E-state index contributed by atoms with van der Waals surface area (Å²) >= 11 is 4.09. The number of hydrogen-bond acceptors (Lipinski definition) is 5. The molecule has 0 saturated carbocycles. The highest BCUT2D eigenvalue weighted by Gasteiger charge is 2.20. The van der Waals surface area contributed by atoms with Crippen molar-refractivity contribution in [3.05, 3.63) is 0 Å². The molecule has 82 valence electrons. The largest absolute Gasteiger partial charge is 0.327 e. The third kappa shape index (κ3) is 3.38. The highest BCUT2D eigenvalue weighted by molar-refractivity contribution is 7.77. The molecule has 1 unspecified atom stereocenters. The Balaban J connectivity index is 2.05. The Kier molecular flexibility index (Phi) is 5.11. The van der Waals surface area contributed by atoms with Crippen molar-refractivity contribution >= 4 is 19.2 Å². The molecule has 1 rings (SSSR count). The van der Waals surface area contributed by atoms with Crippen LogP contribution in [0.25, 0.3) is 0 Å². The van der Waals surface area contributed by atoms with Crippen molar-refractivity contribution in [1.29, 1.82) is 0 Å². The minimum atomic E-state index is -0.190. The van der Waals surface area contributed by atoms with Crippen LogP contribution in [0.15, 0.2) is 5.10 Å². The number of unbranched alkanes of at least 4 members (excludes halogenated alkanes) is 4. The third-order valence-electron chi connectivity index (χ3n) is 2.41. The fraction of sp³-hybridized carbons (Fsp3) is 0.889. The summed E-state index contributed by atoms with van der Waals surface area (Å²) in [5.41, 5.74) is 5.81. The molecular formula is C9H20N4S. The monoisotopic (exact) mass is 216 g/mol. The van der Waals surface area contributed by atoms with Gasteiger partial charge in [-0.1, -0.05) is 32.6 Å². The zero-order valence-electron chi connectivity index (χ0n) is 8.76. The molecule has 1 aliphatic rings. The summed E-state index contributed by atoms with van der Waals surface area (Å²) in [4.78, 5) is 2.01. The highest BCUT2D eigenvalue weighted by Crippen LogP contribution is 2.11. The predicted octanol–water partition coefficient (Wildman–Crippen LogP) is 1.60. The van der Waals surface area contributed by atoms with Gasteiger partial charge in [0.1, 0.15) is 6.34 Å². The maximum Gasteiger partial charge on any atom is 0.182 e. The van der Waals surface area contributed by atoms with Crippen LogP contribution in [0.5, 0.6) is 0 Å². The first kappa shape index (κ1) is 11.7. The van der Waals surface area contributed by atoms with Gasteiger partial charge in [0.15, 0.2) is 6.29 Å². The van der Waals surface area contributed by atoms with Crippen LogP contribution >= 0.6 is 12.8 Å². The molecule has 0 aromatic rings. The molecule has 1 atom stereocenters. The Bertz CT molecular complexity index is 186. The highest BCUT2D eigenvalue weighted by atomic mass is 32.1. The van der Waals surface area contributed by atoms with Gasteiger partial charge in [-0.3, -0.25) is 5.73 Å². The van der Waals surface area contributed by atoms with Crippen LogP contribution in [-0.4, -0.2) is 28.5 Å². The Labute approximate surface area is 91.7 Å². The molecule has 0 bridgehead atoms. The average Bonchev–Trinajstić information content (AvgIpc) is 2.49. The van der Waals surface area contributed by atoms with Crippen LogP contribution < -0.4 is 5.73 Å². The first-order valence-corrected chi connectivity index (χ1v) is 5.69. The van der Waals surface area contributed by atoms with Gasteiger partial charge in [0.2, 0.25) is 0 Å². The van der Waals surface area contributed by atoms with E-state index in [9.17, 15) is 0 Å². The maximum atomic E-state index is 5.81. The average molecular weight is 216 g/mol. The number of nitrogens with two attached hydrogens (primary N) is 1. The fourth-order valence-electron chi connectivity index (χ4n) is 1.48. The molecule has 0 fully saturated rings. The summed E-state index contributed by atoms with van der Waals surface area (Å²) in [7, 11) is 0. The van der Waals surface area contributed by atoms with E-state index in [1.54, 1.807) is 6.34 Å². The molecule has 0 saturated heterocycles. The van der Waals surface area contributed by atoms with Crippen molar-refractivity contribution in [2.45, 2.75) is 45.3 Å². The van der Waals surface area contributed by atoms with Crippen LogP contribution in [0.1, 0.15) is 39.0 Å². The van der Waals surface area contributed by atoms with E-state index >= 15 is 0 Å². The molecule has 1 heterocycles. The number of hydrazone groups is 1. The van der Waals surface area contributed by atoms with E-state index in [-0.39, 0.29) is 6.29 Å². The zero-order valence-corrected chi connectivity index (χ0v) is 9.66. The molecule has 14 heavy (non-hydrogen) atoms. The van der Waals surface area contributed by atoms with Crippen molar-refractivity contribution < 1.29 is 0 Å². The summed E-state index contributed by atoms with van der Waals surface area (Å²) in [6.07, 6.45) is 7.97. The van der Waals surface area contributed by atoms with Gasteiger partial charge in [-0.15, -0.1) is 0 Å². The second-order valence-corrected chi connectivity index (χ2v) is 4.03. The topological polar surface area (TPSA) is 44.9 Å². The molecular weight excluding hydrogens is 196 g/mol. The number of hydrogen-bond donors (Lipinski definition) is 2. The van der Waals surface area contributed by atoms with Crippen LogP contribution in [0.2, 0.25) is 0 Å². The van der Waals surface area contributed by atoms with Crippen LogP contribution in [0.4, 0.5) is 0 Å². The fourth-order valence-corrected chi connectivity index (χ4v) is 1.66. The summed E-state index contributed by atoms with van der Waals surface area (Å²) in [5.74, 6) is 0. The van der Waals surface area contributed by atoms with Gasteiger partial charge < -0.3 is 4.90 Å². The minimum absolute atomic E-state index is 0.190. The van der Waals surface area contributed by atoms with Crippen LogP contribution in [0.3, 0.4) is 0 Å². The van der Waals surface area contributed by atoms with E-state index < -0.39 is 0 Å². The smallest absolute Gasteiger partial charge is 0.182 e. The Morgan fingerprint density at radius 3 is 2.64 bits per heavy atom. The molecule has 2 N–H and O–H groups in total. The lowest BCUT2D eigenvalue weighted by Gasteiger charge is -2.23. The van der Waals surface area contributed by atoms with Crippen molar-refractivity contribution in [2.75, 3.05) is 6.54 Å². The van der Waals surface area contributed by atoms with Crippen molar-refractivity contribution in [3.8, 4) is 0 Å². The first-order valence-electron chi connectivity index (χ1n) is 5.29. The normalized spacial score (nSPS) is 20.9. The molecule has 0 radical (unpaired) electrons. The molecule has 0 aromatic carbocycles. The number of rotatable bonds is 6. The Hall–Kier alpha value is -0.420. The molecule has 0 aliphatic carbocycles. The van der Waals surface area contributed by atoms with Gasteiger partial charge >= 0.3 is 0 Å². The van der Waals surface area contributed by atoms with Gasteiger partial charge in [0, 0.05) is 6.54 Å². The van der Waals surface area contributed by atoms with E-state index in [0.29, 0.717) is 0 Å². The maximum absolute atomic E-state index is 5.81. The third-order valence-corrected chi connectivity index (χ3v) is 2.75. The molecule has 0 amide bonds. The summed E-state index contributed by atoms with van der Waals surface area (Å²) in [6, 6.07) is 0. The van der Waals surface area contributed by atoms with E-state index in [4.69, 9.17) is 5.73 Å². The standard InChI is InChI=1S/C9H20N4S/c1-2-3-4-5-6-7-12-8-11-13(14)9(12)10/h8-9,14H,2-7,10H2,1H3. The number of thiol groups is 1. The second kappa shape index (κ2) is 6.14. The van der Waals surface area contributed by atoms with E-state index in [1.807, 2.05) is 4.90 Å². The summed E-state index contributed by atoms with van der Waals surface area (Å²) in [6.45, 7) is 3.20. The van der Waals surface area contributed by atoms with Gasteiger partial charge in [0.05, 0.1) is 0 Å². The minimum Gasteiger partial charge on any atom is -0.327 e. The number of nitrogens with zero attached hydrogens (tertiary/aromatic N) is 3. The molecule has 4 nitrogen and oxygen atoms in total. The second-order valence-electron chi connectivity index (χ2n) is 3.62. The quantitative estimate of drug-likeness (QED) is 0.524. The van der Waals surface area contributed by atoms with Crippen molar-refractivity contribution in [1.82, 2.24) is 9.31 Å². The van der Waals surface area contributed by atoms with Crippen molar-refractivity contribution in [3.63, 3.8) is 0 Å². The molecule has 0 spiro atoms. The van der Waals surface area contributed by atoms with Gasteiger partial charge in [-0.2, -0.15) is 5.10 Å². The van der Waals surface area contributed by atoms with E-state index in [2.05, 4.69) is 24.8 Å². The lowest BCUT2D eigenvalue weighted by atomic mass is 10.1. The Morgan fingerprint density at radius 1 is 1.36 bits per heavy atom. The van der Waals surface area contributed by atoms with Gasteiger partial charge in [-0.05, 0) is 19.2 Å². The summed E-state index contributed by atoms with van der Waals surface area (Å²) < 4.78 is 1.48. The van der Waals surface area contributed by atoms with Gasteiger partial charge in [-0.25, -0.2) is 4.41 Å². The summed E-state index contributed by atoms with van der Waals surface area (Å²) in [5, 5.41) is 3.99. The first-order chi connectivity index (χ1) is 6.75. The molecule has 1 aliphatic heterocycles. The van der Waals surface area contributed by atoms with Crippen molar-refractivity contribution in [2.24, 2.45) is 10.8 Å². The molecule has 5 heteroatoms. The van der Waals surface area contributed by atoms with Gasteiger partial charge in [0.25, 0.3) is 0 Å². The zero-order chi connectivity index (χ0) is 10.4. The molecule has 0 aromatic heterocycles. The lowest BCUT2D eigenvalue weighted by Crippen LogP contribution is -2.43. The Morgan fingerprint density at radius 2 is 2.07 bits per heavy atom. The lowest BCUT2D eigenvalue weighted by molar-refractivity contribution is 0.233.